The van der Waals surface area contributed by atoms with Gasteiger partial charge in [0, 0.05) is 34.2 Å². The average Bonchev–Trinajstić information content (AvgIpc) is 2.65. The number of hydrogen-bond donors (Lipinski definition) is 2. The fourth-order valence-electron chi connectivity index (χ4n) is 1.94. The summed E-state index contributed by atoms with van der Waals surface area (Å²) in [5.74, 6) is -1.04. The first-order valence-corrected chi connectivity index (χ1v) is 5.69. The maximum atomic E-state index is 11.0. The van der Waals surface area contributed by atoms with E-state index in [1.807, 2.05) is 17.6 Å². The average molecular weight is 253 g/mol. The van der Waals surface area contributed by atoms with E-state index in [0.29, 0.717) is 10.6 Å². The lowest BCUT2D eigenvalue weighted by Crippen LogP contribution is -2.20. The molecule has 2 aromatic rings. The number of aryl methyl sites for hydroxylation is 1. The molecule has 3 N–H and O–H groups in total. The summed E-state index contributed by atoms with van der Waals surface area (Å²) < 4.78 is 1.96. The van der Waals surface area contributed by atoms with Gasteiger partial charge in [-0.05, 0) is 25.1 Å². The van der Waals surface area contributed by atoms with Crippen molar-refractivity contribution in [3.05, 3.63) is 35.0 Å². The maximum absolute atomic E-state index is 11.0. The third-order valence-electron chi connectivity index (χ3n) is 2.82. The maximum Gasteiger partial charge on any atom is 0.325 e. The molecule has 0 spiro atoms. The molecule has 0 amide bonds. The van der Waals surface area contributed by atoms with E-state index >= 15 is 0 Å². The van der Waals surface area contributed by atoms with Crippen LogP contribution >= 0.6 is 11.6 Å². The monoisotopic (exact) mass is 252 g/mol. The lowest BCUT2D eigenvalue weighted by molar-refractivity contribution is -0.138. The normalized spacial score (nSPS) is 12.9. The Hall–Kier alpha value is -1.52. The fraction of sp³-hybridized carbons (Fsp3) is 0.250. The molecule has 2 rings (SSSR count). The van der Waals surface area contributed by atoms with Crippen LogP contribution in [0.15, 0.2) is 24.4 Å². The van der Waals surface area contributed by atoms with E-state index in [0.717, 1.165) is 17.4 Å². The first-order valence-electron chi connectivity index (χ1n) is 5.31. The third kappa shape index (κ3) is 2.01. The summed E-state index contributed by atoms with van der Waals surface area (Å²) >= 11 is 5.93. The molecule has 0 radical (unpaired) electrons. The van der Waals surface area contributed by atoms with Crippen LogP contribution in [0.2, 0.25) is 5.02 Å². The molecule has 1 aromatic heterocycles. The van der Waals surface area contributed by atoms with Crippen molar-refractivity contribution in [2.24, 2.45) is 5.73 Å². The highest BCUT2D eigenvalue weighted by atomic mass is 35.5. The Kier molecular flexibility index (Phi) is 3.09. The van der Waals surface area contributed by atoms with E-state index in [1.165, 1.54) is 0 Å². The summed E-state index contributed by atoms with van der Waals surface area (Å²) in [7, 11) is 0. The van der Waals surface area contributed by atoms with Crippen molar-refractivity contribution in [3.63, 3.8) is 0 Å². The minimum absolute atomic E-state index is 0.574. The zero-order chi connectivity index (χ0) is 12.6. The number of fused-ring (bicyclic) bond motifs is 1. The number of aromatic nitrogens is 1. The van der Waals surface area contributed by atoms with Gasteiger partial charge >= 0.3 is 5.97 Å². The van der Waals surface area contributed by atoms with Gasteiger partial charge in [-0.15, -0.1) is 0 Å². The second-order valence-corrected chi connectivity index (χ2v) is 4.28. The standard InChI is InChI=1S/C12H13ClN2O2/c1-2-15-6-9(11(14)12(16)17)8-5-7(13)3-4-10(8)15/h3-6,11H,2,14H2,1H3,(H,16,17). The third-order valence-corrected chi connectivity index (χ3v) is 3.05. The van der Waals surface area contributed by atoms with Crippen molar-refractivity contribution in [2.75, 3.05) is 0 Å². The number of carbonyl (C=O) groups is 1. The lowest BCUT2D eigenvalue weighted by atomic mass is 10.1. The molecule has 1 aromatic carbocycles. The highest BCUT2D eigenvalue weighted by Gasteiger charge is 2.19. The molecule has 0 fully saturated rings. The summed E-state index contributed by atoms with van der Waals surface area (Å²) in [6.45, 7) is 2.74. The van der Waals surface area contributed by atoms with E-state index in [4.69, 9.17) is 22.4 Å². The molecule has 0 aliphatic rings. The smallest absolute Gasteiger partial charge is 0.325 e. The van der Waals surface area contributed by atoms with Crippen molar-refractivity contribution in [1.29, 1.82) is 0 Å². The molecular weight excluding hydrogens is 240 g/mol. The van der Waals surface area contributed by atoms with Crippen LogP contribution in [0.4, 0.5) is 0 Å². The molecule has 1 heterocycles. The molecule has 0 bridgehead atoms. The molecule has 5 heteroatoms. The van der Waals surface area contributed by atoms with Crippen molar-refractivity contribution < 1.29 is 9.90 Å². The molecule has 4 nitrogen and oxygen atoms in total. The molecule has 0 aliphatic carbocycles. The molecule has 0 saturated carbocycles. The van der Waals surface area contributed by atoms with E-state index in [-0.39, 0.29) is 0 Å². The Morgan fingerprint density at radius 3 is 2.88 bits per heavy atom. The van der Waals surface area contributed by atoms with Gasteiger partial charge in [-0.25, -0.2) is 0 Å². The van der Waals surface area contributed by atoms with Gasteiger partial charge in [-0.2, -0.15) is 0 Å². The predicted molar refractivity (Wildman–Crippen MR) is 67.2 cm³/mol. The second kappa shape index (κ2) is 4.39. The van der Waals surface area contributed by atoms with Gasteiger partial charge < -0.3 is 15.4 Å². The topological polar surface area (TPSA) is 68.2 Å². The van der Waals surface area contributed by atoms with Crippen LogP contribution in [0, 0.1) is 0 Å². The van der Waals surface area contributed by atoms with Crippen molar-refractivity contribution in [1.82, 2.24) is 4.57 Å². The Morgan fingerprint density at radius 1 is 1.59 bits per heavy atom. The zero-order valence-corrected chi connectivity index (χ0v) is 10.1. The van der Waals surface area contributed by atoms with Crippen LogP contribution in [0.25, 0.3) is 10.9 Å². The lowest BCUT2D eigenvalue weighted by Gasteiger charge is -2.04. The van der Waals surface area contributed by atoms with Crippen molar-refractivity contribution in [3.8, 4) is 0 Å². The highest BCUT2D eigenvalue weighted by Crippen LogP contribution is 2.28. The summed E-state index contributed by atoms with van der Waals surface area (Å²) in [6.07, 6.45) is 1.78. The van der Waals surface area contributed by atoms with Gasteiger partial charge in [0.1, 0.15) is 6.04 Å². The van der Waals surface area contributed by atoms with Crippen LogP contribution in [0.1, 0.15) is 18.5 Å². The van der Waals surface area contributed by atoms with E-state index in [2.05, 4.69) is 0 Å². The van der Waals surface area contributed by atoms with Crippen molar-refractivity contribution >= 4 is 28.5 Å². The predicted octanol–water partition coefficient (Wildman–Crippen LogP) is 2.40. The highest BCUT2D eigenvalue weighted by molar-refractivity contribution is 6.31. The SMILES string of the molecule is CCn1cc(C(N)C(=O)O)c2cc(Cl)ccc21. The number of carboxylic acid groups (broad SMARTS) is 1. The number of aliphatic carboxylic acids is 1. The second-order valence-electron chi connectivity index (χ2n) is 3.85. The van der Waals surface area contributed by atoms with Crippen LogP contribution in [0.3, 0.4) is 0 Å². The molecule has 0 aliphatic heterocycles. The number of benzene rings is 1. The van der Waals surface area contributed by atoms with Gasteiger partial charge in [0.05, 0.1) is 0 Å². The fourth-order valence-corrected chi connectivity index (χ4v) is 2.11. The minimum Gasteiger partial charge on any atom is -0.480 e. The number of nitrogens with zero attached hydrogens (tertiary/aromatic N) is 1. The number of nitrogens with two attached hydrogens (primary N) is 1. The summed E-state index contributed by atoms with van der Waals surface area (Å²) in [6, 6.07) is 4.38. The van der Waals surface area contributed by atoms with Gasteiger partial charge in [-0.3, -0.25) is 4.79 Å². The van der Waals surface area contributed by atoms with Gasteiger partial charge in [-0.1, -0.05) is 11.6 Å². The van der Waals surface area contributed by atoms with E-state index in [9.17, 15) is 4.79 Å². The van der Waals surface area contributed by atoms with Gasteiger partial charge in [0.25, 0.3) is 0 Å². The van der Waals surface area contributed by atoms with E-state index < -0.39 is 12.0 Å². The number of rotatable bonds is 3. The van der Waals surface area contributed by atoms with Crippen LogP contribution in [0.5, 0.6) is 0 Å². The van der Waals surface area contributed by atoms with Crippen LogP contribution < -0.4 is 5.73 Å². The minimum atomic E-state index is -1.04. The summed E-state index contributed by atoms with van der Waals surface area (Å²) in [5, 5.41) is 10.4. The molecule has 17 heavy (non-hydrogen) atoms. The summed E-state index contributed by atoms with van der Waals surface area (Å²) in [4.78, 5) is 11.0. The number of halogens is 1. The van der Waals surface area contributed by atoms with Crippen molar-refractivity contribution in [2.45, 2.75) is 19.5 Å². The van der Waals surface area contributed by atoms with Crippen LogP contribution in [-0.2, 0) is 11.3 Å². The van der Waals surface area contributed by atoms with Crippen LogP contribution in [-0.4, -0.2) is 15.6 Å². The molecular formula is C12H13ClN2O2. The largest absolute Gasteiger partial charge is 0.480 e. The van der Waals surface area contributed by atoms with Gasteiger partial charge in [0.15, 0.2) is 0 Å². The Balaban J connectivity index is 2.70. The Bertz CT molecular complexity index is 577. The number of carboxylic acids is 1. The van der Waals surface area contributed by atoms with Gasteiger partial charge in [0.2, 0.25) is 0 Å². The first-order chi connectivity index (χ1) is 8.04. The molecule has 1 atom stereocenters. The molecule has 1 unspecified atom stereocenters. The quantitative estimate of drug-likeness (QED) is 0.881. The zero-order valence-electron chi connectivity index (χ0n) is 9.35. The Labute approximate surface area is 104 Å². The molecule has 0 saturated heterocycles. The molecule has 90 valence electrons. The van der Waals surface area contributed by atoms with E-state index in [1.54, 1.807) is 18.3 Å². The first kappa shape index (κ1) is 12.0. The summed E-state index contributed by atoms with van der Waals surface area (Å²) in [5.41, 5.74) is 7.21. The number of hydrogen-bond acceptors (Lipinski definition) is 2. The Morgan fingerprint density at radius 2 is 2.29 bits per heavy atom.